The van der Waals surface area contributed by atoms with Crippen molar-refractivity contribution in [3.63, 3.8) is 0 Å². The fourth-order valence-corrected chi connectivity index (χ4v) is 0.917. The van der Waals surface area contributed by atoms with Crippen LogP contribution in [0.5, 0.6) is 11.5 Å². The van der Waals surface area contributed by atoms with Crippen LogP contribution >= 0.6 is 0 Å². The minimum Gasteiger partial charge on any atom is -0.504 e. The lowest BCUT2D eigenvalue weighted by atomic mass is 10.1. The summed E-state index contributed by atoms with van der Waals surface area (Å²) in [7, 11) is 0. The summed E-state index contributed by atoms with van der Waals surface area (Å²) in [5.74, 6) is -0.196. The highest BCUT2D eigenvalue weighted by molar-refractivity contribution is 5.57. The van der Waals surface area contributed by atoms with Crippen molar-refractivity contribution < 1.29 is 10.2 Å². The number of phenolic OH excluding ortho intramolecular Hbond substituents is 2. The van der Waals surface area contributed by atoms with Gasteiger partial charge in [-0.3, -0.25) is 0 Å². The van der Waals surface area contributed by atoms with Gasteiger partial charge in [0, 0.05) is 0 Å². The molecule has 0 aliphatic heterocycles. The van der Waals surface area contributed by atoms with E-state index in [1.54, 1.807) is 6.08 Å². The Balaban J connectivity index is 3.31. The van der Waals surface area contributed by atoms with Gasteiger partial charge in [-0.15, -0.1) is 0 Å². The highest BCUT2D eigenvalue weighted by Gasteiger charge is 2.01. The molecule has 0 unspecified atom stereocenters. The van der Waals surface area contributed by atoms with Gasteiger partial charge in [0.25, 0.3) is 0 Å². The molecule has 0 bridgehead atoms. The van der Waals surface area contributed by atoms with Gasteiger partial charge < -0.3 is 10.2 Å². The Morgan fingerprint density at radius 3 is 2.36 bits per heavy atom. The second kappa shape index (κ2) is 2.66. The Hall–Kier alpha value is -1.44. The number of benzene rings is 1. The fraction of sp³-hybridized carbons (Fsp3) is 0.111. The minimum atomic E-state index is -0.106. The molecule has 1 aromatic carbocycles. The summed E-state index contributed by atoms with van der Waals surface area (Å²) in [5, 5.41) is 18.1. The molecule has 0 saturated heterocycles. The van der Waals surface area contributed by atoms with Crippen LogP contribution in [0.1, 0.15) is 11.1 Å². The van der Waals surface area contributed by atoms with Gasteiger partial charge in [0.05, 0.1) is 0 Å². The van der Waals surface area contributed by atoms with Gasteiger partial charge >= 0.3 is 0 Å². The maximum absolute atomic E-state index is 9.06. The molecule has 0 atom stereocenters. The topological polar surface area (TPSA) is 40.5 Å². The van der Waals surface area contributed by atoms with Crippen LogP contribution in [0.4, 0.5) is 0 Å². The van der Waals surface area contributed by atoms with Crippen LogP contribution < -0.4 is 0 Å². The van der Waals surface area contributed by atoms with Crippen molar-refractivity contribution in [2.45, 2.75) is 6.92 Å². The molecule has 1 rings (SSSR count). The van der Waals surface area contributed by atoms with Crippen LogP contribution in [0, 0.1) is 6.92 Å². The average molecular weight is 150 g/mol. The van der Waals surface area contributed by atoms with E-state index in [-0.39, 0.29) is 11.5 Å². The number of hydrogen-bond donors (Lipinski definition) is 2. The van der Waals surface area contributed by atoms with Crippen LogP contribution in [-0.2, 0) is 0 Å². The molecule has 1 aromatic rings. The van der Waals surface area contributed by atoms with Gasteiger partial charge in [-0.1, -0.05) is 12.7 Å². The number of aryl methyl sites for hydroxylation is 1. The van der Waals surface area contributed by atoms with Crippen molar-refractivity contribution in [2.24, 2.45) is 0 Å². The zero-order valence-corrected chi connectivity index (χ0v) is 6.33. The molecule has 2 nitrogen and oxygen atoms in total. The maximum Gasteiger partial charge on any atom is 0.158 e. The lowest BCUT2D eigenvalue weighted by Crippen LogP contribution is -1.79. The summed E-state index contributed by atoms with van der Waals surface area (Å²) in [4.78, 5) is 0. The summed E-state index contributed by atoms with van der Waals surface area (Å²) in [6.07, 6.45) is 1.63. The molecule has 0 radical (unpaired) electrons. The highest BCUT2D eigenvalue weighted by atomic mass is 16.3. The Morgan fingerprint density at radius 1 is 1.27 bits per heavy atom. The molecule has 11 heavy (non-hydrogen) atoms. The standard InChI is InChI=1S/C9H10O2/c1-3-7-5-9(11)8(10)4-6(7)2/h3-5,10-11H,1H2,2H3. The summed E-state index contributed by atoms with van der Waals surface area (Å²) in [6.45, 7) is 5.41. The normalized spacial score (nSPS) is 9.55. The van der Waals surface area contributed by atoms with E-state index in [1.807, 2.05) is 6.92 Å². The van der Waals surface area contributed by atoms with Crippen molar-refractivity contribution in [1.29, 1.82) is 0 Å². The predicted molar refractivity (Wildman–Crippen MR) is 44.6 cm³/mol. The first-order valence-corrected chi connectivity index (χ1v) is 3.30. The summed E-state index contributed by atoms with van der Waals surface area (Å²) >= 11 is 0. The summed E-state index contributed by atoms with van der Waals surface area (Å²) in [6, 6.07) is 2.99. The molecule has 0 aromatic heterocycles. The minimum absolute atomic E-state index is 0.0897. The van der Waals surface area contributed by atoms with E-state index in [1.165, 1.54) is 12.1 Å². The van der Waals surface area contributed by atoms with Gasteiger partial charge in [0.1, 0.15) is 0 Å². The second-order valence-electron chi connectivity index (χ2n) is 2.40. The monoisotopic (exact) mass is 150 g/mol. The Bertz CT molecular complexity index is 290. The molecule has 58 valence electrons. The van der Waals surface area contributed by atoms with Gasteiger partial charge in [-0.2, -0.15) is 0 Å². The summed E-state index contributed by atoms with van der Waals surface area (Å²) in [5.41, 5.74) is 1.73. The first-order valence-electron chi connectivity index (χ1n) is 3.30. The average Bonchev–Trinajstić information content (AvgIpc) is 1.97. The molecule has 0 fully saturated rings. The first-order chi connectivity index (χ1) is 5.15. The predicted octanol–water partition coefficient (Wildman–Crippen LogP) is 2.05. The fourth-order valence-electron chi connectivity index (χ4n) is 0.917. The van der Waals surface area contributed by atoms with Crippen LogP contribution in [0.15, 0.2) is 18.7 Å². The Labute approximate surface area is 65.4 Å². The Morgan fingerprint density at radius 2 is 1.82 bits per heavy atom. The molecule has 0 aliphatic rings. The molecule has 0 heterocycles. The van der Waals surface area contributed by atoms with Gasteiger partial charge in [0.2, 0.25) is 0 Å². The molecule has 0 aliphatic carbocycles. The zero-order valence-electron chi connectivity index (χ0n) is 6.33. The van der Waals surface area contributed by atoms with E-state index in [2.05, 4.69) is 6.58 Å². The van der Waals surface area contributed by atoms with E-state index in [4.69, 9.17) is 10.2 Å². The largest absolute Gasteiger partial charge is 0.504 e. The van der Waals surface area contributed by atoms with Crippen LogP contribution in [0.2, 0.25) is 0 Å². The van der Waals surface area contributed by atoms with Crippen molar-refractivity contribution >= 4 is 6.08 Å². The molecular weight excluding hydrogens is 140 g/mol. The number of phenols is 2. The van der Waals surface area contributed by atoms with Crippen molar-refractivity contribution in [3.8, 4) is 11.5 Å². The van der Waals surface area contributed by atoms with E-state index in [0.717, 1.165) is 11.1 Å². The summed E-state index contributed by atoms with van der Waals surface area (Å²) < 4.78 is 0. The lowest BCUT2D eigenvalue weighted by Gasteiger charge is -2.02. The third-order valence-corrected chi connectivity index (χ3v) is 1.58. The van der Waals surface area contributed by atoms with E-state index >= 15 is 0 Å². The van der Waals surface area contributed by atoms with Gasteiger partial charge in [-0.05, 0) is 30.2 Å². The Kier molecular flexibility index (Phi) is 1.85. The quantitative estimate of drug-likeness (QED) is 0.601. The number of hydrogen-bond acceptors (Lipinski definition) is 2. The molecular formula is C9H10O2. The molecule has 2 heteroatoms. The van der Waals surface area contributed by atoms with Gasteiger partial charge in [0.15, 0.2) is 11.5 Å². The van der Waals surface area contributed by atoms with Crippen LogP contribution in [-0.4, -0.2) is 10.2 Å². The highest BCUT2D eigenvalue weighted by Crippen LogP contribution is 2.28. The van der Waals surface area contributed by atoms with Gasteiger partial charge in [-0.25, -0.2) is 0 Å². The van der Waals surface area contributed by atoms with Crippen LogP contribution in [0.25, 0.3) is 6.08 Å². The number of rotatable bonds is 1. The third kappa shape index (κ3) is 1.34. The molecule has 0 saturated carbocycles. The van der Waals surface area contributed by atoms with Crippen molar-refractivity contribution in [2.75, 3.05) is 0 Å². The smallest absolute Gasteiger partial charge is 0.158 e. The van der Waals surface area contributed by atoms with E-state index in [9.17, 15) is 0 Å². The van der Waals surface area contributed by atoms with E-state index in [0.29, 0.717) is 0 Å². The van der Waals surface area contributed by atoms with E-state index < -0.39 is 0 Å². The second-order valence-corrected chi connectivity index (χ2v) is 2.40. The maximum atomic E-state index is 9.06. The number of aromatic hydroxyl groups is 2. The first kappa shape index (κ1) is 7.66. The van der Waals surface area contributed by atoms with Crippen molar-refractivity contribution in [1.82, 2.24) is 0 Å². The van der Waals surface area contributed by atoms with Crippen molar-refractivity contribution in [3.05, 3.63) is 29.8 Å². The third-order valence-electron chi connectivity index (χ3n) is 1.58. The lowest BCUT2D eigenvalue weighted by molar-refractivity contribution is 0.403. The molecule has 2 N–H and O–H groups in total. The zero-order chi connectivity index (χ0) is 8.43. The van der Waals surface area contributed by atoms with Crippen LogP contribution in [0.3, 0.4) is 0 Å². The molecule has 0 amide bonds. The molecule has 0 spiro atoms. The SMILES string of the molecule is C=Cc1cc(O)c(O)cc1C.